The van der Waals surface area contributed by atoms with Crippen LogP contribution >= 0.6 is 0 Å². The zero-order valence-corrected chi connectivity index (χ0v) is 16.3. The van der Waals surface area contributed by atoms with Crippen molar-refractivity contribution in [3.63, 3.8) is 0 Å². The van der Waals surface area contributed by atoms with Crippen molar-refractivity contribution in [2.45, 2.75) is 80.2 Å². The van der Waals surface area contributed by atoms with E-state index < -0.39 is 0 Å². The maximum atomic E-state index is 5.03. The first-order chi connectivity index (χ1) is 10.6. The fourth-order valence-electron chi connectivity index (χ4n) is 3.65. The third-order valence-corrected chi connectivity index (χ3v) is 4.48. The Hall–Kier alpha value is -1.57. The second kappa shape index (κ2) is 6.51. The standard InChI is InChI=1S/C21H32N2/c1-12(2)20-19(18-16(8)10-15(7)11-17(18)9)21(13(3)4)23(22-20)14(5)6/h10-14H,1-9H3. The van der Waals surface area contributed by atoms with Crippen LogP contribution in [0.1, 0.15) is 87.5 Å². The summed E-state index contributed by atoms with van der Waals surface area (Å²) in [6.45, 7) is 20.1. The van der Waals surface area contributed by atoms with Crippen molar-refractivity contribution < 1.29 is 0 Å². The van der Waals surface area contributed by atoms with Gasteiger partial charge in [0.05, 0.1) is 5.69 Å². The van der Waals surface area contributed by atoms with Crippen molar-refractivity contribution in [2.75, 3.05) is 0 Å². The molecule has 0 bridgehead atoms. The first-order valence-corrected chi connectivity index (χ1v) is 8.85. The minimum Gasteiger partial charge on any atom is -0.266 e. The molecule has 1 aromatic carbocycles. The third kappa shape index (κ3) is 3.22. The van der Waals surface area contributed by atoms with Crippen LogP contribution in [0.5, 0.6) is 0 Å². The summed E-state index contributed by atoms with van der Waals surface area (Å²) in [5.74, 6) is 0.870. The molecule has 0 saturated heterocycles. The number of nitrogens with zero attached hydrogens (tertiary/aromatic N) is 2. The predicted octanol–water partition coefficient (Wildman–Crippen LogP) is 6.30. The first-order valence-electron chi connectivity index (χ1n) is 8.85. The van der Waals surface area contributed by atoms with E-state index in [1.54, 1.807) is 0 Å². The molecule has 0 saturated carbocycles. The highest BCUT2D eigenvalue weighted by molar-refractivity contribution is 5.76. The lowest BCUT2D eigenvalue weighted by Gasteiger charge is -2.18. The summed E-state index contributed by atoms with van der Waals surface area (Å²) in [4.78, 5) is 0. The van der Waals surface area contributed by atoms with Gasteiger partial charge in [0, 0.05) is 17.3 Å². The molecule has 0 N–H and O–H groups in total. The van der Waals surface area contributed by atoms with Gasteiger partial charge in [0.2, 0.25) is 0 Å². The zero-order chi connectivity index (χ0) is 17.5. The molecule has 0 fully saturated rings. The highest BCUT2D eigenvalue weighted by Crippen LogP contribution is 2.40. The Kier molecular flexibility index (Phi) is 5.03. The molecule has 1 aromatic heterocycles. The van der Waals surface area contributed by atoms with Crippen LogP contribution in [0.15, 0.2) is 12.1 Å². The van der Waals surface area contributed by atoms with Crippen LogP contribution < -0.4 is 0 Å². The molecule has 0 spiro atoms. The lowest BCUT2D eigenvalue weighted by atomic mass is 9.87. The average Bonchev–Trinajstić information content (AvgIpc) is 2.78. The molecule has 2 nitrogen and oxygen atoms in total. The monoisotopic (exact) mass is 312 g/mol. The van der Waals surface area contributed by atoms with Crippen molar-refractivity contribution in [3.05, 3.63) is 40.2 Å². The number of aromatic nitrogens is 2. The zero-order valence-electron chi connectivity index (χ0n) is 16.3. The van der Waals surface area contributed by atoms with Crippen molar-refractivity contribution in [1.29, 1.82) is 0 Å². The van der Waals surface area contributed by atoms with Gasteiger partial charge >= 0.3 is 0 Å². The second-order valence-electron chi connectivity index (χ2n) is 7.77. The molecule has 1 heterocycles. The van der Waals surface area contributed by atoms with Crippen molar-refractivity contribution in [1.82, 2.24) is 9.78 Å². The summed E-state index contributed by atoms with van der Waals surface area (Å²) < 4.78 is 2.24. The topological polar surface area (TPSA) is 17.8 Å². The molecule has 0 unspecified atom stereocenters. The van der Waals surface area contributed by atoms with E-state index in [-0.39, 0.29) is 0 Å². The molecule has 2 rings (SSSR count). The van der Waals surface area contributed by atoms with E-state index in [0.29, 0.717) is 17.9 Å². The van der Waals surface area contributed by atoms with Crippen LogP contribution in [0.25, 0.3) is 11.1 Å². The number of benzene rings is 1. The molecular formula is C21H32N2. The Bertz CT molecular complexity index is 680. The van der Waals surface area contributed by atoms with Gasteiger partial charge in [-0.3, -0.25) is 4.68 Å². The van der Waals surface area contributed by atoms with Crippen molar-refractivity contribution in [3.8, 4) is 11.1 Å². The number of rotatable bonds is 4. The summed E-state index contributed by atoms with van der Waals surface area (Å²) in [7, 11) is 0. The normalized spacial score (nSPS) is 12.0. The molecule has 2 heteroatoms. The van der Waals surface area contributed by atoms with Gasteiger partial charge in [0.1, 0.15) is 0 Å². The molecule has 0 radical (unpaired) electrons. The lowest BCUT2D eigenvalue weighted by Crippen LogP contribution is -2.09. The predicted molar refractivity (Wildman–Crippen MR) is 100 cm³/mol. The average molecular weight is 313 g/mol. The van der Waals surface area contributed by atoms with E-state index in [2.05, 4.69) is 79.1 Å². The van der Waals surface area contributed by atoms with Crippen LogP contribution in [-0.2, 0) is 0 Å². The quantitative estimate of drug-likeness (QED) is 0.647. The summed E-state index contributed by atoms with van der Waals surface area (Å²) in [6, 6.07) is 4.97. The minimum atomic E-state index is 0.379. The van der Waals surface area contributed by atoms with Gasteiger partial charge in [-0.1, -0.05) is 45.4 Å². The minimum absolute atomic E-state index is 0.379. The molecule has 0 aliphatic carbocycles. The van der Waals surface area contributed by atoms with E-state index in [1.807, 2.05) is 0 Å². The van der Waals surface area contributed by atoms with E-state index >= 15 is 0 Å². The van der Waals surface area contributed by atoms with Gasteiger partial charge in [-0.05, 0) is 63.1 Å². The molecular weight excluding hydrogens is 280 g/mol. The largest absolute Gasteiger partial charge is 0.266 e. The SMILES string of the molecule is Cc1cc(C)c(-c2c(C(C)C)nn(C(C)C)c2C(C)C)c(C)c1. The summed E-state index contributed by atoms with van der Waals surface area (Å²) in [5, 5.41) is 5.03. The van der Waals surface area contributed by atoms with E-state index in [9.17, 15) is 0 Å². The smallest absolute Gasteiger partial charge is 0.0731 e. The molecule has 2 aromatic rings. The summed E-state index contributed by atoms with van der Waals surface area (Å²) >= 11 is 0. The Morgan fingerprint density at radius 1 is 0.783 bits per heavy atom. The van der Waals surface area contributed by atoms with Gasteiger partial charge in [0.15, 0.2) is 0 Å². The molecule has 0 amide bonds. The number of hydrogen-bond donors (Lipinski definition) is 0. The van der Waals surface area contributed by atoms with Crippen molar-refractivity contribution in [2.24, 2.45) is 0 Å². The Balaban J connectivity index is 2.90. The molecule has 0 aliphatic heterocycles. The first kappa shape index (κ1) is 17.8. The second-order valence-corrected chi connectivity index (χ2v) is 7.77. The fraction of sp³-hybridized carbons (Fsp3) is 0.571. The Labute approximate surface area is 141 Å². The highest BCUT2D eigenvalue weighted by atomic mass is 15.3. The van der Waals surface area contributed by atoms with Crippen LogP contribution in [0.2, 0.25) is 0 Å². The van der Waals surface area contributed by atoms with Gasteiger partial charge in [-0.15, -0.1) is 0 Å². The Morgan fingerprint density at radius 2 is 1.30 bits per heavy atom. The molecule has 0 atom stereocenters. The summed E-state index contributed by atoms with van der Waals surface area (Å²) in [5.41, 5.74) is 9.41. The van der Waals surface area contributed by atoms with Crippen LogP contribution in [-0.4, -0.2) is 9.78 Å². The maximum absolute atomic E-state index is 5.03. The van der Waals surface area contributed by atoms with E-state index in [4.69, 9.17) is 5.10 Å². The third-order valence-electron chi connectivity index (χ3n) is 4.48. The summed E-state index contributed by atoms with van der Waals surface area (Å²) in [6.07, 6.45) is 0. The maximum Gasteiger partial charge on any atom is 0.0731 e. The number of aryl methyl sites for hydroxylation is 3. The van der Waals surface area contributed by atoms with E-state index in [1.165, 1.54) is 39.2 Å². The van der Waals surface area contributed by atoms with E-state index in [0.717, 1.165) is 0 Å². The fourth-order valence-corrected chi connectivity index (χ4v) is 3.65. The van der Waals surface area contributed by atoms with Gasteiger partial charge in [-0.25, -0.2) is 0 Å². The van der Waals surface area contributed by atoms with Crippen LogP contribution in [0.3, 0.4) is 0 Å². The van der Waals surface area contributed by atoms with Crippen molar-refractivity contribution >= 4 is 0 Å². The molecule has 126 valence electrons. The van der Waals surface area contributed by atoms with Gasteiger partial charge in [0.25, 0.3) is 0 Å². The van der Waals surface area contributed by atoms with Gasteiger partial charge < -0.3 is 0 Å². The lowest BCUT2D eigenvalue weighted by molar-refractivity contribution is 0.491. The Morgan fingerprint density at radius 3 is 1.70 bits per heavy atom. The molecule has 23 heavy (non-hydrogen) atoms. The molecule has 0 aliphatic rings. The number of hydrogen-bond acceptors (Lipinski definition) is 1. The van der Waals surface area contributed by atoms with Crippen LogP contribution in [0, 0.1) is 20.8 Å². The van der Waals surface area contributed by atoms with Gasteiger partial charge in [-0.2, -0.15) is 5.10 Å². The van der Waals surface area contributed by atoms with Crippen LogP contribution in [0.4, 0.5) is 0 Å². The highest BCUT2D eigenvalue weighted by Gasteiger charge is 2.26.